The number of benzene rings is 1. The minimum Gasteiger partial charge on any atom is -0.493 e. The molecular weight excluding hydrogens is 302 g/mol. The van der Waals surface area contributed by atoms with E-state index in [9.17, 15) is 9.90 Å². The number of fused-ring (bicyclic) bond motifs is 1. The molecule has 128 valence electrons. The molecule has 4 aliphatic carbocycles. The van der Waals surface area contributed by atoms with Gasteiger partial charge in [0.1, 0.15) is 5.75 Å². The molecule has 6 rings (SSSR count). The highest BCUT2D eigenvalue weighted by Crippen LogP contribution is 2.61. The summed E-state index contributed by atoms with van der Waals surface area (Å²) in [6, 6.07) is 8.02. The number of rotatable bonds is 2. The first-order chi connectivity index (χ1) is 11.6. The number of nitrogens with one attached hydrogen (secondary N) is 1. The second-order valence-electron chi connectivity index (χ2n) is 8.67. The lowest BCUT2D eigenvalue weighted by Gasteiger charge is -2.59. The van der Waals surface area contributed by atoms with E-state index in [1.807, 2.05) is 24.3 Å². The topological polar surface area (TPSA) is 58.6 Å². The van der Waals surface area contributed by atoms with Crippen molar-refractivity contribution < 1.29 is 14.6 Å². The summed E-state index contributed by atoms with van der Waals surface area (Å²) in [5.74, 6) is 2.11. The Kier molecular flexibility index (Phi) is 3.06. The smallest absolute Gasteiger partial charge is 0.226 e. The van der Waals surface area contributed by atoms with E-state index in [1.165, 1.54) is 6.42 Å². The summed E-state index contributed by atoms with van der Waals surface area (Å²) in [4.78, 5) is 13.3. The fourth-order valence-corrected chi connectivity index (χ4v) is 6.28. The number of hydrogen-bond donors (Lipinski definition) is 2. The Labute approximate surface area is 142 Å². The fourth-order valence-electron chi connectivity index (χ4n) is 6.28. The van der Waals surface area contributed by atoms with E-state index >= 15 is 0 Å². The number of para-hydroxylation sites is 1. The van der Waals surface area contributed by atoms with E-state index < -0.39 is 5.60 Å². The van der Waals surface area contributed by atoms with Crippen LogP contribution in [0.15, 0.2) is 24.3 Å². The number of carbonyl (C=O) groups excluding carboxylic acids is 1. The number of carbonyl (C=O) groups is 1. The lowest BCUT2D eigenvalue weighted by molar-refractivity contribution is -0.178. The van der Waals surface area contributed by atoms with Gasteiger partial charge in [-0.1, -0.05) is 18.2 Å². The largest absolute Gasteiger partial charge is 0.493 e. The van der Waals surface area contributed by atoms with Gasteiger partial charge in [0.05, 0.1) is 23.7 Å². The van der Waals surface area contributed by atoms with Crippen LogP contribution in [0.4, 0.5) is 0 Å². The Hall–Kier alpha value is -1.55. The normalized spacial score (nSPS) is 42.3. The summed E-state index contributed by atoms with van der Waals surface area (Å²) in [6.07, 6.45) is 6.40. The van der Waals surface area contributed by atoms with Crippen LogP contribution in [0.2, 0.25) is 0 Å². The van der Waals surface area contributed by atoms with Crippen LogP contribution in [-0.4, -0.2) is 23.2 Å². The van der Waals surface area contributed by atoms with Crippen LogP contribution in [0.3, 0.4) is 0 Å². The standard InChI is InChI=1S/C20H25NO3/c22-18(21-16-5-6-24-17-4-2-1-3-15(16)17)19-8-13-7-14(9-19)11-20(23,10-13)12-19/h1-4,13-14,16,23H,5-12H2,(H,21,22)/t13-,14+,16-,19?,20?/m1/s1. The highest BCUT2D eigenvalue weighted by molar-refractivity contribution is 5.84. The van der Waals surface area contributed by atoms with E-state index in [0.29, 0.717) is 24.9 Å². The number of hydrogen-bond acceptors (Lipinski definition) is 3. The minimum atomic E-state index is -0.588. The molecule has 2 unspecified atom stereocenters. The summed E-state index contributed by atoms with van der Waals surface area (Å²) < 4.78 is 5.71. The van der Waals surface area contributed by atoms with Gasteiger partial charge in [-0.05, 0) is 56.4 Å². The highest BCUT2D eigenvalue weighted by Gasteiger charge is 2.60. The van der Waals surface area contributed by atoms with Crippen LogP contribution < -0.4 is 10.1 Å². The molecule has 5 atom stereocenters. The van der Waals surface area contributed by atoms with Gasteiger partial charge >= 0.3 is 0 Å². The van der Waals surface area contributed by atoms with Crippen molar-refractivity contribution in [2.75, 3.05) is 6.61 Å². The maximum absolute atomic E-state index is 13.3. The van der Waals surface area contributed by atoms with Gasteiger partial charge in [-0.25, -0.2) is 0 Å². The molecule has 0 saturated heterocycles. The Morgan fingerprint density at radius 1 is 1.17 bits per heavy atom. The van der Waals surface area contributed by atoms with Crippen LogP contribution in [0.5, 0.6) is 5.75 Å². The first kappa shape index (κ1) is 14.8. The predicted molar refractivity (Wildman–Crippen MR) is 89.5 cm³/mol. The van der Waals surface area contributed by atoms with E-state index in [-0.39, 0.29) is 17.4 Å². The van der Waals surface area contributed by atoms with Crippen LogP contribution in [0, 0.1) is 17.3 Å². The van der Waals surface area contributed by atoms with Crippen molar-refractivity contribution in [3.05, 3.63) is 29.8 Å². The Bertz CT molecular complexity index is 671. The summed E-state index contributed by atoms with van der Waals surface area (Å²) in [5.41, 5.74) is 0.154. The van der Waals surface area contributed by atoms with Gasteiger partial charge in [0.2, 0.25) is 5.91 Å². The van der Waals surface area contributed by atoms with Gasteiger partial charge in [0, 0.05) is 12.0 Å². The number of aliphatic hydroxyl groups is 1. The third-order valence-corrected chi connectivity index (χ3v) is 6.78. The molecule has 0 spiro atoms. The zero-order valence-corrected chi connectivity index (χ0v) is 14.0. The van der Waals surface area contributed by atoms with Crippen molar-refractivity contribution in [1.82, 2.24) is 5.32 Å². The molecule has 4 bridgehead atoms. The first-order valence-electron chi connectivity index (χ1n) is 9.30. The third-order valence-electron chi connectivity index (χ3n) is 6.78. The van der Waals surface area contributed by atoms with Gasteiger partial charge in [-0.3, -0.25) is 4.79 Å². The fraction of sp³-hybridized carbons (Fsp3) is 0.650. The molecular formula is C20H25NO3. The average Bonchev–Trinajstić information content (AvgIpc) is 2.53. The molecule has 5 aliphatic rings. The zero-order chi connectivity index (χ0) is 16.4. The second kappa shape index (κ2) is 4.98. The maximum atomic E-state index is 13.3. The Morgan fingerprint density at radius 3 is 2.67 bits per heavy atom. The maximum Gasteiger partial charge on any atom is 0.226 e. The van der Waals surface area contributed by atoms with Gasteiger partial charge in [-0.2, -0.15) is 0 Å². The van der Waals surface area contributed by atoms with Crippen molar-refractivity contribution in [3.63, 3.8) is 0 Å². The second-order valence-corrected chi connectivity index (χ2v) is 8.67. The molecule has 0 radical (unpaired) electrons. The number of amides is 1. The van der Waals surface area contributed by atoms with Crippen molar-refractivity contribution in [2.24, 2.45) is 17.3 Å². The molecule has 1 heterocycles. The molecule has 4 fully saturated rings. The first-order valence-corrected chi connectivity index (χ1v) is 9.30. The molecule has 4 nitrogen and oxygen atoms in total. The van der Waals surface area contributed by atoms with Crippen molar-refractivity contribution >= 4 is 5.91 Å². The average molecular weight is 327 g/mol. The molecule has 1 aromatic rings. The van der Waals surface area contributed by atoms with Crippen LogP contribution in [0.1, 0.15) is 56.6 Å². The van der Waals surface area contributed by atoms with Crippen LogP contribution in [-0.2, 0) is 4.79 Å². The molecule has 4 heteroatoms. The molecule has 1 amide bonds. The van der Waals surface area contributed by atoms with Gasteiger partial charge < -0.3 is 15.2 Å². The SMILES string of the molecule is O=C(N[C@@H]1CCOc2ccccc21)C12C[C@@H]3C[C@@H](CC(O)(C3)C1)C2. The van der Waals surface area contributed by atoms with Gasteiger partial charge in [0.15, 0.2) is 0 Å². The Morgan fingerprint density at radius 2 is 1.92 bits per heavy atom. The van der Waals surface area contributed by atoms with E-state index in [4.69, 9.17) is 4.74 Å². The highest BCUT2D eigenvalue weighted by atomic mass is 16.5. The van der Waals surface area contributed by atoms with Gasteiger partial charge in [0.25, 0.3) is 0 Å². The summed E-state index contributed by atoms with van der Waals surface area (Å²) in [6.45, 7) is 0.643. The predicted octanol–water partition coefficient (Wildman–Crippen LogP) is 2.96. The quantitative estimate of drug-likeness (QED) is 0.878. The lowest BCUT2D eigenvalue weighted by Crippen LogP contribution is -2.60. The van der Waals surface area contributed by atoms with Crippen molar-refractivity contribution in [1.29, 1.82) is 0 Å². The van der Waals surface area contributed by atoms with E-state index in [2.05, 4.69) is 5.32 Å². The van der Waals surface area contributed by atoms with E-state index in [0.717, 1.165) is 43.4 Å². The summed E-state index contributed by atoms with van der Waals surface area (Å²) in [5, 5.41) is 14.2. The summed E-state index contributed by atoms with van der Waals surface area (Å²) >= 11 is 0. The molecule has 1 aromatic carbocycles. The lowest BCUT2D eigenvalue weighted by atomic mass is 9.47. The molecule has 2 N–H and O–H groups in total. The number of ether oxygens (including phenoxy) is 1. The van der Waals surface area contributed by atoms with Crippen LogP contribution in [0.25, 0.3) is 0 Å². The molecule has 0 aromatic heterocycles. The van der Waals surface area contributed by atoms with Crippen molar-refractivity contribution in [2.45, 2.75) is 56.6 Å². The minimum absolute atomic E-state index is 0.0325. The Balaban J connectivity index is 1.40. The van der Waals surface area contributed by atoms with Crippen LogP contribution >= 0.6 is 0 Å². The monoisotopic (exact) mass is 327 g/mol. The molecule has 24 heavy (non-hydrogen) atoms. The third kappa shape index (κ3) is 2.19. The van der Waals surface area contributed by atoms with E-state index in [1.54, 1.807) is 0 Å². The van der Waals surface area contributed by atoms with Crippen molar-refractivity contribution in [3.8, 4) is 5.75 Å². The van der Waals surface area contributed by atoms with Gasteiger partial charge in [-0.15, -0.1) is 0 Å². The summed E-state index contributed by atoms with van der Waals surface area (Å²) in [7, 11) is 0. The molecule has 4 saturated carbocycles. The molecule has 1 aliphatic heterocycles. The zero-order valence-electron chi connectivity index (χ0n) is 14.0.